The van der Waals surface area contributed by atoms with Crippen LogP contribution >= 0.6 is 0 Å². The fraction of sp³-hybridized carbons (Fsp3) is 0.444. The first-order valence-electron chi connectivity index (χ1n) is 9.03. The molecule has 142 valence electrons. The summed E-state index contributed by atoms with van der Waals surface area (Å²) in [7, 11) is 2.06. The van der Waals surface area contributed by atoms with Crippen molar-refractivity contribution in [2.24, 2.45) is 0 Å². The van der Waals surface area contributed by atoms with Crippen LogP contribution in [0, 0.1) is 0 Å². The highest BCUT2D eigenvalue weighted by molar-refractivity contribution is 5.75. The van der Waals surface area contributed by atoms with Gasteiger partial charge in [-0.2, -0.15) is 10.2 Å². The number of nitrogens with zero attached hydrogens (tertiary/aromatic N) is 7. The van der Waals surface area contributed by atoms with E-state index in [1.807, 2.05) is 15.6 Å². The van der Waals surface area contributed by atoms with Crippen molar-refractivity contribution < 1.29 is 9.21 Å². The van der Waals surface area contributed by atoms with Crippen LogP contribution in [0.3, 0.4) is 0 Å². The van der Waals surface area contributed by atoms with Gasteiger partial charge in [-0.05, 0) is 25.6 Å². The average molecular weight is 369 g/mol. The number of furan rings is 1. The summed E-state index contributed by atoms with van der Waals surface area (Å²) in [4.78, 5) is 20.5. The molecule has 1 amide bonds. The van der Waals surface area contributed by atoms with Gasteiger partial charge in [0, 0.05) is 31.7 Å². The first-order chi connectivity index (χ1) is 13.2. The van der Waals surface area contributed by atoms with E-state index in [-0.39, 0.29) is 12.5 Å². The molecule has 0 aromatic carbocycles. The van der Waals surface area contributed by atoms with E-state index < -0.39 is 0 Å². The van der Waals surface area contributed by atoms with Gasteiger partial charge < -0.3 is 9.32 Å². The Morgan fingerprint density at radius 3 is 3.04 bits per heavy atom. The van der Waals surface area contributed by atoms with E-state index in [0.717, 1.165) is 49.6 Å². The Labute approximate surface area is 157 Å². The van der Waals surface area contributed by atoms with Gasteiger partial charge >= 0.3 is 0 Å². The Balaban J connectivity index is 1.39. The molecule has 0 fully saturated rings. The zero-order valence-corrected chi connectivity index (χ0v) is 15.4. The van der Waals surface area contributed by atoms with Crippen LogP contribution in [0.15, 0.2) is 41.7 Å². The molecule has 4 heterocycles. The molecule has 3 aromatic heterocycles. The summed E-state index contributed by atoms with van der Waals surface area (Å²) in [5, 5.41) is 8.75. The molecule has 0 spiro atoms. The minimum absolute atomic E-state index is 0.0498. The number of hydrogen-bond donors (Lipinski definition) is 0. The molecule has 0 saturated heterocycles. The molecule has 1 aliphatic heterocycles. The number of rotatable bonds is 6. The fourth-order valence-electron chi connectivity index (χ4n) is 3.39. The normalized spacial score (nSPS) is 14.4. The Hall–Kier alpha value is -2.94. The van der Waals surface area contributed by atoms with Gasteiger partial charge in [-0.3, -0.25) is 14.4 Å². The molecule has 0 radical (unpaired) electrons. The van der Waals surface area contributed by atoms with E-state index >= 15 is 0 Å². The third kappa shape index (κ3) is 4.25. The van der Waals surface area contributed by atoms with E-state index in [0.29, 0.717) is 6.54 Å². The molecule has 0 N–H and O–H groups in total. The first kappa shape index (κ1) is 17.5. The molecule has 1 aliphatic rings. The van der Waals surface area contributed by atoms with Gasteiger partial charge in [0.05, 0.1) is 30.5 Å². The molecule has 0 saturated carbocycles. The minimum Gasteiger partial charge on any atom is -0.472 e. The van der Waals surface area contributed by atoms with E-state index in [9.17, 15) is 4.79 Å². The van der Waals surface area contributed by atoms with Crippen LogP contribution in [-0.2, 0) is 37.5 Å². The Morgan fingerprint density at radius 1 is 1.33 bits per heavy atom. The summed E-state index contributed by atoms with van der Waals surface area (Å²) >= 11 is 0. The van der Waals surface area contributed by atoms with Crippen molar-refractivity contribution in [2.75, 3.05) is 13.6 Å². The van der Waals surface area contributed by atoms with E-state index in [1.165, 1.54) is 6.33 Å². The maximum Gasteiger partial charge on any atom is 0.244 e. The lowest BCUT2D eigenvalue weighted by Crippen LogP contribution is -2.33. The van der Waals surface area contributed by atoms with Gasteiger partial charge in [0.15, 0.2) is 0 Å². The number of carbonyl (C=O) groups excluding carboxylic acids is 1. The summed E-state index contributed by atoms with van der Waals surface area (Å²) in [5.74, 6) is 0.0498. The molecule has 0 atom stereocenters. The second kappa shape index (κ2) is 7.75. The predicted molar refractivity (Wildman–Crippen MR) is 96.2 cm³/mol. The Kier molecular flexibility index (Phi) is 5.01. The molecular formula is C18H23N7O2. The van der Waals surface area contributed by atoms with Crippen LogP contribution in [0.5, 0.6) is 0 Å². The summed E-state index contributed by atoms with van der Waals surface area (Å²) in [5.41, 5.74) is 3.23. The maximum atomic E-state index is 12.6. The monoisotopic (exact) mass is 369 g/mol. The topological polar surface area (TPSA) is 85.2 Å². The minimum atomic E-state index is 0.0498. The van der Waals surface area contributed by atoms with Crippen LogP contribution in [0.2, 0.25) is 0 Å². The number of fused-ring (bicyclic) bond motifs is 1. The highest BCUT2D eigenvalue weighted by Gasteiger charge is 2.21. The zero-order chi connectivity index (χ0) is 18.6. The van der Waals surface area contributed by atoms with Gasteiger partial charge in [0.25, 0.3) is 0 Å². The number of carbonyl (C=O) groups is 1. The van der Waals surface area contributed by atoms with E-state index in [1.54, 1.807) is 23.5 Å². The lowest BCUT2D eigenvalue weighted by molar-refractivity contribution is -0.132. The smallest absolute Gasteiger partial charge is 0.244 e. The molecule has 0 unspecified atom stereocenters. The second-order valence-corrected chi connectivity index (χ2v) is 6.92. The number of aryl methyl sites for hydroxylation is 1. The van der Waals surface area contributed by atoms with Crippen molar-refractivity contribution in [3.63, 3.8) is 0 Å². The number of amides is 1. The van der Waals surface area contributed by atoms with Gasteiger partial charge in [-0.25, -0.2) is 9.67 Å². The maximum absolute atomic E-state index is 12.6. The number of hydrogen-bond acceptors (Lipinski definition) is 6. The highest BCUT2D eigenvalue weighted by atomic mass is 16.3. The average Bonchev–Trinajstić information content (AvgIpc) is 3.36. The van der Waals surface area contributed by atoms with Gasteiger partial charge in [0.1, 0.15) is 19.2 Å². The van der Waals surface area contributed by atoms with Crippen LogP contribution in [0.25, 0.3) is 0 Å². The molecule has 0 aliphatic carbocycles. The molecule has 3 aromatic rings. The fourth-order valence-corrected chi connectivity index (χ4v) is 3.39. The van der Waals surface area contributed by atoms with Crippen molar-refractivity contribution in [1.29, 1.82) is 0 Å². The summed E-state index contributed by atoms with van der Waals surface area (Å²) in [6.45, 7) is 3.90. The van der Waals surface area contributed by atoms with Crippen molar-refractivity contribution in [2.45, 2.75) is 39.1 Å². The first-order valence-corrected chi connectivity index (χ1v) is 9.03. The van der Waals surface area contributed by atoms with Crippen molar-refractivity contribution >= 4 is 5.91 Å². The largest absolute Gasteiger partial charge is 0.472 e. The van der Waals surface area contributed by atoms with Crippen molar-refractivity contribution in [3.05, 3.63) is 54.3 Å². The molecule has 0 bridgehead atoms. The van der Waals surface area contributed by atoms with E-state index in [4.69, 9.17) is 9.52 Å². The van der Waals surface area contributed by atoms with Crippen LogP contribution in [0.4, 0.5) is 0 Å². The lowest BCUT2D eigenvalue weighted by atomic mass is 10.3. The summed E-state index contributed by atoms with van der Waals surface area (Å²) in [6.07, 6.45) is 7.34. The van der Waals surface area contributed by atoms with Crippen LogP contribution < -0.4 is 0 Å². The van der Waals surface area contributed by atoms with Gasteiger partial charge in [-0.1, -0.05) is 0 Å². The molecule has 9 heteroatoms. The number of aromatic nitrogens is 5. The predicted octanol–water partition coefficient (Wildman–Crippen LogP) is 1.13. The molecule has 9 nitrogen and oxygen atoms in total. The zero-order valence-electron chi connectivity index (χ0n) is 15.4. The highest BCUT2D eigenvalue weighted by Crippen LogP contribution is 2.16. The lowest BCUT2D eigenvalue weighted by Gasteiger charge is -2.19. The van der Waals surface area contributed by atoms with Crippen LogP contribution in [-0.4, -0.2) is 53.8 Å². The molecular weight excluding hydrogens is 346 g/mol. The van der Waals surface area contributed by atoms with Gasteiger partial charge in [0.2, 0.25) is 5.91 Å². The van der Waals surface area contributed by atoms with Crippen LogP contribution in [0.1, 0.15) is 23.4 Å². The standard InChI is InChI=1S/C18H23N7O2/c1-22(8-15-3-6-27-12-15)9-16-7-17-10-23(4-2-5-25(17)21-16)18(26)11-24-14-19-13-20-24/h3,6-7,12-14H,2,4-5,8-11H2,1H3. The molecule has 4 rings (SSSR count). The summed E-state index contributed by atoms with van der Waals surface area (Å²) < 4.78 is 8.71. The quantitative estimate of drug-likeness (QED) is 0.648. The molecule has 27 heavy (non-hydrogen) atoms. The Bertz CT molecular complexity index is 870. The third-order valence-corrected chi connectivity index (χ3v) is 4.65. The Morgan fingerprint density at radius 2 is 2.26 bits per heavy atom. The second-order valence-electron chi connectivity index (χ2n) is 6.92. The van der Waals surface area contributed by atoms with E-state index in [2.05, 4.69) is 28.1 Å². The SMILES string of the molecule is CN(Cc1ccoc1)Cc1cc2n(n1)CCCN(C(=O)Cn1cncn1)C2. The third-order valence-electron chi connectivity index (χ3n) is 4.65. The van der Waals surface area contributed by atoms with Gasteiger partial charge in [-0.15, -0.1) is 0 Å². The van der Waals surface area contributed by atoms with Crippen molar-refractivity contribution in [3.8, 4) is 0 Å². The van der Waals surface area contributed by atoms with Crippen molar-refractivity contribution in [1.82, 2.24) is 34.3 Å². The summed E-state index contributed by atoms with van der Waals surface area (Å²) in [6, 6.07) is 4.07.